The van der Waals surface area contributed by atoms with Crippen LogP contribution in [0.5, 0.6) is 0 Å². The minimum atomic E-state index is 0.0543. The van der Waals surface area contributed by atoms with Gasteiger partial charge in [0, 0.05) is 11.1 Å². The number of hydrogen-bond acceptors (Lipinski definition) is 1. The number of benzene rings is 1. The minimum absolute atomic E-state index is 0.0543. The average Bonchev–Trinajstić information content (AvgIpc) is 2.35. The van der Waals surface area contributed by atoms with Gasteiger partial charge < -0.3 is 0 Å². The van der Waals surface area contributed by atoms with Gasteiger partial charge in [-0.15, -0.1) is 0 Å². The first-order valence-corrected chi connectivity index (χ1v) is 5.68. The molecule has 1 aromatic carbocycles. The van der Waals surface area contributed by atoms with Crippen molar-refractivity contribution in [2.24, 2.45) is 0 Å². The molecule has 0 saturated carbocycles. The lowest BCUT2D eigenvalue weighted by Crippen LogP contribution is -2.06. The van der Waals surface area contributed by atoms with Crippen LogP contribution < -0.4 is 0 Å². The van der Waals surface area contributed by atoms with Crippen molar-refractivity contribution in [3.8, 4) is 0 Å². The predicted molar refractivity (Wildman–Crippen MR) is 73.2 cm³/mol. The van der Waals surface area contributed by atoms with Crippen LogP contribution in [0.1, 0.15) is 29.8 Å². The molecule has 1 heteroatoms. The Labute approximate surface area is 103 Å². The Hall–Kier alpha value is -1.89. The molecule has 0 bridgehead atoms. The quantitative estimate of drug-likeness (QED) is 0.426. The number of hydrogen-bond donors (Lipinski definition) is 0. The molecule has 1 aromatic rings. The third-order valence-electron chi connectivity index (χ3n) is 2.78. The highest BCUT2D eigenvalue weighted by Crippen LogP contribution is 2.18. The first kappa shape index (κ1) is 13.2. The van der Waals surface area contributed by atoms with Crippen LogP contribution in [0.2, 0.25) is 0 Å². The molecule has 0 atom stereocenters. The molecular weight excluding hydrogens is 208 g/mol. The van der Waals surface area contributed by atoms with E-state index in [1.807, 2.05) is 51.1 Å². The smallest absolute Gasteiger partial charge is 0.193 e. The average molecular weight is 226 g/mol. The van der Waals surface area contributed by atoms with E-state index in [1.165, 1.54) is 0 Å². The van der Waals surface area contributed by atoms with Gasteiger partial charge in [0.1, 0.15) is 0 Å². The first-order chi connectivity index (χ1) is 8.11. The predicted octanol–water partition coefficient (Wildman–Crippen LogP) is 4.26. The summed E-state index contributed by atoms with van der Waals surface area (Å²) < 4.78 is 0. The highest BCUT2D eigenvalue weighted by Gasteiger charge is 2.14. The number of carbonyl (C=O) groups is 1. The zero-order chi connectivity index (χ0) is 12.8. The van der Waals surface area contributed by atoms with Crippen LogP contribution in [0.3, 0.4) is 0 Å². The summed E-state index contributed by atoms with van der Waals surface area (Å²) in [5.41, 5.74) is 3.42. The number of rotatable bonds is 4. The molecule has 0 aliphatic carbocycles. The summed E-state index contributed by atoms with van der Waals surface area (Å²) in [7, 11) is 0. The Morgan fingerprint density at radius 1 is 1.29 bits per heavy atom. The standard InChI is InChI=1S/C16H18O/c1-5-9-14(12(3)6-2)16(17)15-11-8-7-10-13(15)4/h5-11H,1H2,2-4H3/b12-6-,14-9+. The molecule has 0 aromatic heterocycles. The lowest BCUT2D eigenvalue weighted by atomic mass is 9.94. The van der Waals surface area contributed by atoms with Crippen molar-refractivity contribution in [1.82, 2.24) is 0 Å². The molecule has 0 aliphatic rings. The van der Waals surface area contributed by atoms with Gasteiger partial charge in [-0.2, -0.15) is 0 Å². The van der Waals surface area contributed by atoms with Crippen LogP contribution in [-0.4, -0.2) is 5.78 Å². The van der Waals surface area contributed by atoms with Crippen LogP contribution in [0.25, 0.3) is 0 Å². The molecule has 0 amide bonds. The van der Waals surface area contributed by atoms with Gasteiger partial charge >= 0.3 is 0 Å². The van der Waals surface area contributed by atoms with Gasteiger partial charge in [-0.3, -0.25) is 4.79 Å². The molecule has 17 heavy (non-hydrogen) atoms. The zero-order valence-electron chi connectivity index (χ0n) is 10.7. The molecule has 0 radical (unpaired) electrons. The summed E-state index contributed by atoms with van der Waals surface area (Å²) in [6.07, 6.45) is 5.36. The van der Waals surface area contributed by atoms with Gasteiger partial charge in [-0.25, -0.2) is 0 Å². The first-order valence-electron chi connectivity index (χ1n) is 5.68. The number of carbonyl (C=O) groups excluding carboxylic acids is 1. The van der Waals surface area contributed by atoms with Crippen molar-refractivity contribution < 1.29 is 4.79 Å². The van der Waals surface area contributed by atoms with Gasteiger partial charge in [0.25, 0.3) is 0 Å². The highest BCUT2D eigenvalue weighted by atomic mass is 16.1. The Morgan fingerprint density at radius 3 is 2.47 bits per heavy atom. The van der Waals surface area contributed by atoms with E-state index in [2.05, 4.69) is 6.58 Å². The fourth-order valence-electron chi connectivity index (χ4n) is 1.63. The van der Waals surface area contributed by atoms with E-state index in [4.69, 9.17) is 0 Å². The van der Waals surface area contributed by atoms with Crippen molar-refractivity contribution in [3.63, 3.8) is 0 Å². The molecule has 0 unspecified atom stereocenters. The van der Waals surface area contributed by atoms with Crippen molar-refractivity contribution in [2.45, 2.75) is 20.8 Å². The normalized spacial score (nSPS) is 12.4. The highest BCUT2D eigenvalue weighted by molar-refractivity contribution is 6.12. The maximum atomic E-state index is 12.4. The van der Waals surface area contributed by atoms with Crippen LogP contribution in [0.4, 0.5) is 0 Å². The number of aryl methyl sites for hydroxylation is 1. The van der Waals surface area contributed by atoms with E-state index < -0.39 is 0 Å². The molecule has 0 saturated heterocycles. The van der Waals surface area contributed by atoms with Crippen molar-refractivity contribution in [1.29, 1.82) is 0 Å². The van der Waals surface area contributed by atoms with Crippen molar-refractivity contribution in [2.75, 3.05) is 0 Å². The molecule has 0 fully saturated rings. The van der Waals surface area contributed by atoms with E-state index in [9.17, 15) is 4.79 Å². The summed E-state index contributed by atoms with van der Waals surface area (Å²) in [6.45, 7) is 9.47. The molecule has 0 spiro atoms. The minimum Gasteiger partial charge on any atom is -0.289 e. The third kappa shape index (κ3) is 3.04. The molecule has 1 nitrogen and oxygen atoms in total. The van der Waals surface area contributed by atoms with Crippen molar-refractivity contribution in [3.05, 3.63) is 71.3 Å². The summed E-state index contributed by atoms with van der Waals surface area (Å²) in [6, 6.07) is 7.63. The van der Waals surface area contributed by atoms with Crippen LogP contribution in [0, 0.1) is 6.92 Å². The maximum Gasteiger partial charge on any atom is 0.193 e. The summed E-state index contributed by atoms with van der Waals surface area (Å²) in [5, 5.41) is 0. The molecule has 0 N–H and O–H groups in total. The zero-order valence-corrected chi connectivity index (χ0v) is 10.7. The fraction of sp³-hybridized carbons (Fsp3) is 0.188. The molecule has 1 rings (SSSR count). The van der Waals surface area contributed by atoms with Gasteiger partial charge in [-0.1, -0.05) is 49.1 Å². The van der Waals surface area contributed by atoms with E-state index >= 15 is 0 Å². The van der Waals surface area contributed by atoms with Crippen LogP contribution >= 0.6 is 0 Å². The lowest BCUT2D eigenvalue weighted by Gasteiger charge is -2.08. The topological polar surface area (TPSA) is 17.1 Å². The van der Waals surface area contributed by atoms with E-state index in [0.29, 0.717) is 5.57 Å². The second-order valence-electron chi connectivity index (χ2n) is 3.93. The second-order valence-corrected chi connectivity index (χ2v) is 3.93. The van der Waals surface area contributed by atoms with Gasteiger partial charge in [-0.05, 0) is 31.9 Å². The monoisotopic (exact) mass is 226 g/mol. The summed E-state index contributed by atoms with van der Waals surface area (Å²) in [5.74, 6) is 0.0543. The Balaban J connectivity index is 3.24. The van der Waals surface area contributed by atoms with Gasteiger partial charge in [0.05, 0.1) is 0 Å². The van der Waals surface area contributed by atoms with Crippen LogP contribution in [-0.2, 0) is 0 Å². The van der Waals surface area contributed by atoms with E-state index in [-0.39, 0.29) is 5.78 Å². The van der Waals surface area contributed by atoms with Gasteiger partial charge in [0.2, 0.25) is 0 Å². The second kappa shape index (κ2) is 6.00. The Bertz CT molecular complexity index is 490. The number of Topliss-reactive ketones (excluding diaryl/α,β-unsaturated/α-hetero) is 1. The molecule has 0 heterocycles. The third-order valence-corrected chi connectivity index (χ3v) is 2.78. The maximum absolute atomic E-state index is 12.4. The number of ketones is 1. The van der Waals surface area contributed by atoms with Gasteiger partial charge in [0.15, 0.2) is 5.78 Å². The largest absolute Gasteiger partial charge is 0.289 e. The van der Waals surface area contributed by atoms with Crippen molar-refractivity contribution >= 4 is 5.78 Å². The SMILES string of the molecule is C=C/C=C(C(=O)c1ccccc1C)\C(C)=C/C. The molecule has 0 aliphatic heterocycles. The number of allylic oxidation sites excluding steroid dienone is 5. The fourth-order valence-corrected chi connectivity index (χ4v) is 1.63. The summed E-state index contributed by atoms with van der Waals surface area (Å²) >= 11 is 0. The molecule has 88 valence electrons. The van der Waals surface area contributed by atoms with E-state index in [0.717, 1.165) is 16.7 Å². The lowest BCUT2D eigenvalue weighted by molar-refractivity contribution is 0.103. The molecular formula is C16H18O. The van der Waals surface area contributed by atoms with Crippen LogP contribution in [0.15, 0.2) is 60.2 Å². The Kier molecular flexibility index (Phi) is 4.65. The van der Waals surface area contributed by atoms with E-state index in [1.54, 1.807) is 12.2 Å². The summed E-state index contributed by atoms with van der Waals surface area (Å²) in [4.78, 5) is 12.4. The Morgan fingerprint density at radius 2 is 1.94 bits per heavy atom.